The monoisotopic (exact) mass is 388 g/mol. The van der Waals surface area contributed by atoms with Crippen LogP contribution in [-0.4, -0.2) is 66.8 Å². The molecule has 0 aromatic rings. The highest BCUT2D eigenvalue weighted by molar-refractivity contribution is 5.76. The van der Waals surface area contributed by atoms with Gasteiger partial charge in [-0.1, -0.05) is 0 Å². The molecule has 0 radical (unpaired) electrons. The molecule has 1 aliphatic rings. The SMILES string of the molecule is CC(=O)C[C@H]1O[C@H](COC(C)=O)[C@H](OC(C)=O)[C@H](OC(C)=O)[C@H]1OC(C)=O. The van der Waals surface area contributed by atoms with E-state index in [9.17, 15) is 24.0 Å². The first kappa shape index (κ1) is 22.6. The van der Waals surface area contributed by atoms with Crippen molar-refractivity contribution in [2.45, 2.75) is 71.6 Å². The summed E-state index contributed by atoms with van der Waals surface area (Å²) >= 11 is 0. The van der Waals surface area contributed by atoms with Gasteiger partial charge in [0.15, 0.2) is 18.3 Å². The molecule has 0 bridgehead atoms. The molecule has 0 aromatic heterocycles. The molecule has 0 amide bonds. The molecule has 0 aliphatic carbocycles. The lowest BCUT2D eigenvalue weighted by molar-refractivity contribution is -0.252. The lowest BCUT2D eigenvalue weighted by Crippen LogP contribution is -2.62. The lowest BCUT2D eigenvalue weighted by Gasteiger charge is -2.44. The van der Waals surface area contributed by atoms with Crippen molar-refractivity contribution in [3.63, 3.8) is 0 Å². The summed E-state index contributed by atoms with van der Waals surface area (Å²) in [4.78, 5) is 57.4. The van der Waals surface area contributed by atoms with Gasteiger partial charge in [0.25, 0.3) is 0 Å². The van der Waals surface area contributed by atoms with Gasteiger partial charge in [-0.05, 0) is 6.92 Å². The fraction of sp³-hybridized carbons (Fsp3) is 0.706. The standard InChI is InChI=1S/C17H24O10/c1-8(18)6-13-15(24-10(3)20)17(26-12(5)22)16(25-11(4)21)14(27-13)7-23-9(2)19/h13-17H,6-7H2,1-5H3/t13-,14-,15+,16+,17-/m1/s1. The number of Topliss-reactive ketones (excluding diaryl/α,β-unsaturated/α-hetero) is 1. The van der Waals surface area contributed by atoms with E-state index in [-0.39, 0.29) is 18.8 Å². The molecule has 152 valence electrons. The first-order valence-electron chi connectivity index (χ1n) is 8.31. The van der Waals surface area contributed by atoms with E-state index in [1.54, 1.807) is 0 Å². The normalized spacial score (nSPS) is 27.2. The summed E-state index contributed by atoms with van der Waals surface area (Å²) in [6.45, 7) is 5.59. The van der Waals surface area contributed by atoms with Gasteiger partial charge in [-0.25, -0.2) is 0 Å². The maximum absolute atomic E-state index is 11.6. The van der Waals surface area contributed by atoms with Gasteiger partial charge in [-0.2, -0.15) is 0 Å². The minimum absolute atomic E-state index is 0.154. The van der Waals surface area contributed by atoms with Gasteiger partial charge in [-0.3, -0.25) is 24.0 Å². The Kier molecular flexibility index (Phi) is 8.35. The predicted octanol–water partition coefficient (Wildman–Crippen LogP) is 0.0911. The summed E-state index contributed by atoms with van der Waals surface area (Å²) in [5.41, 5.74) is 0. The molecule has 10 heteroatoms. The number of hydrogen-bond acceptors (Lipinski definition) is 10. The van der Waals surface area contributed by atoms with Crippen LogP contribution in [0.15, 0.2) is 0 Å². The van der Waals surface area contributed by atoms with Gasteiger partial charge in [0.1, 0.15) is 24.6 Å². The molecule has 0 N–H and O–H groups in total. The van der Waals surface area contributed by atoms with Crippen LogP contribution in [0.3, 0.4) is 0 Å². The summed E-state index contributed by atoms with van der Waals surface area (Å²) in [5.74, 6) is -3.00. The van der Waals surface area contributed by atoms with Crippen molar-refractivity contribution in [2.24, 2.45) is 0 Å². The maximum atomic E-state index is 11.6. The molecule has 1 rings (SSSR count). The van der Waals surface area contributed by atoms with E-state index in [1.165, 1.54) is 13.8 Å². The topological polar surface area (TPSA) is 132 Å². The van der Waals surface area contributed by atoms with Gasteiger partial charge in [0, 0.05) is 34.1 Å². The van der Waals surface area contributed by atoms with Crippen molar-refractivity contribution in [1.82, 2.24) is 0 Å². The summed E-state index contributed by atoms with van der Waals surface area (Å²) in [6, 6.07) is 0. The van der Waals surface area contributed by atoms with Gasteiger partial charge >= 0.3 is 23.9 Å². The second-order valence-electron chi connectivity index (χ2n) is 6.14. The number of rotatable bonds is 7. The van der Waals surface area contributed by atoms with E-state index >= 15 is 0 Å². The van der Waals surface area contributed by atoms with Crippen molar-refractivity contribution in [2.75, 3.05) is 6.61 Å². The van der Waals surface area contributed by atoms with Crippen LogP contribution in [0.1, 0.15) is 41.0 Å². The van der Waals surface area contributed by atoms with Gasteiger partial charge in [-0.15, -0.1) is 0 Å². The largest absolute Gasteiger partial charge is 0.463 e. The summed E-state index contributed by atoms with van der Waals surface area (Å²) < 4.78 is 26.3. The molecular formula is C17H24O10. The van der Waals surface area contributed by atoms with Gasteiger partial charge in [0.2, 0.25) is 0 Å². The zero-order chi connectivity index (χ0) is 20.7. The summed E-state index contributed by atoms with van der Waals surface area (Å²) in [6.07, 6.45) is -5.80. The Morgan fingerprint density at radius 2 is 1.11 bits per heavy atom. The van der Waals surface area contributed by atoms with Crippen LogP contribution >= 0.6 is 0 Å². The van der Waals surface area contributed by atoms with E-state index in [0.717, 1.165) is 20.8 Å². The number of carbonyl (C=O) groups is 5. The van der Waals surface area contributed by atoms with Crippen LogP contribution in [0, 0.1) is 0 Å². The molecule has 27 heavy (non-hydrogen) atoms. The molecule has 5 atom stereocenters. The summed E-state index contributed by atoms with van der Waals surface area (Å²) in [5, 5.41) is 0. The third-order valence-electron chi connectivity index (χ3n) is 3.58. The van der Waals surface area contributed by atoms with Crippen LogP contribution in [0.25, 0.3) is 0 Å². The number of carbonyl (C=O) groups excluding carboxylic acids is 5. The van der Waals surface area contributed by atoms with Gasteiger partial charge in [0.05, 0.1) is 0 Å². The molecule has 1 aliphatic heterocycles. The van der Waals surface area contributed by atoms with Gasteiger partial charge < -0.3 is 23.7 Å². The Morgan fingerprint density at radius 3 is 1.52 bits per heavy atom. The Bertz CT molecular complexity index is 599. The Balaban J connectivity index is 3.29. The molecule has 0 spiro atoms. The lowest BCUT2D eigenvalue weighted by atomic mass is 9.92. The Hall–Kier alpha value is -2.49. The van der Waals surface area contributed by atoms with E-state index in [1.807, 2.05) is 0 Å². The van der Waals surface area contributed by atoms with Crippen LogP contribution in [0.2, 0.25) is 0 Å². The van der Waals surface area contributed by atoms with Crippen LogP contribution in [0.4, 0.5) is 0 Å². The minimum Gasteiger partial charge on any atom is -0.463 e. The average molecular weight is 388 g/mol. The molecule has 0 aromatic carbocycles. The first-order chi connectivity index (χ1) is 12.5. The number of hydrogen-bond donors (Lipinski definition) is 0. The van der Waals surface area contributed by atoms with E-state index < -0.39 is 54.4 Å². The molecule has 0 saturated carbocycles. The van der Waals surface area contributed by atoms with E-state index in [0.29, 0.717) is 0 Å². The smallest absolute Gasteiger partial charge is 0.303 e. The third kappa shape index (κ3) is 7.33. The number of ketones is 1. The number of esters is 4. The quantitative estimate of drug-likeness (QED) is 0.436. The van der Waals surface area contributed by atoms with Crippen molar-refractivity contribution in [1.29, 1.82) is 0 Å². The minimum atomic E-state index is -1.24. The number of ether oxygens (including phenoxy) is 5. The van der Waals surface area contributed by atoms with Crippen LogP contribution in [-0.2, 0) is 47.7 Å². The van der Waals surface area contributed by atoms with E-state index in [4.69, 9.17) is 23.7 Å². The predicted molar refractivity (Wildman–Crippen MR) is 87.3 cm³/mol. The van der Waals surface area contributed by atoms with Crippen molar-refractivity contribution >= 4 is 29.7 Å². The highest BCUT2D eigenvalue weighted by Crippen LogP contribution is 2.30. The van der Waals surface area contributed by atoms with Crippen LogP contribution < -0.4 is 0 Å². The van der Waals surface area contributed by atoms with Crippen molar-refractivity contribution < 1.29 is 47.7 Å². The molecular weight excluding hydrogens is 364 g/mol. The van der Waals surface area contributed by atoms with E-state index in [2.05, 4.69) is 0 Å². The highest BCUT2D eigenvalue weighted by atomic mass is 16.7. The van der Waals surface area contributed by atoms with Crippen LogP contribution in [0.5, 0.6) is 0 Å². The highest BCUT2D eigenvalue weighted by Gasteiger charge is 2.52. The molecule has 10 nitrogen and oxygen atoms in total. The fourth-order valence-corrected chi connectivity index (χ4v) is 2.77. The Morgan fingerprint density at radius 1 is 0.667 bits per heavy atom. The van der Waals surface area contributed by atoms with Crippen molar-refractivity contribution in [3.05, 3.63) is 0 Å². The molecule has 1 fully saturated rings. The molecule has 1 saturated heterocycles. The molecule has 0 unspecified atom stereocenters. The maximum Gasteiger partial charge on any atom is 0.303 e. The summed E-state index contributed by atoms with van der Waals surface area (Å²) in [7, 11) is 0. The zero-order valence-corrected chi connectivity index (χ0v) is 15.9. The fourth-order valence-electron chi connectivity index (χ4n) is 2.77. The zero-order valence-electron chi connectivity index (χ0n) is 15.9. The Labute approximate surface area is 156 Å². The first-order valence-corrected chi connectivity index (χ1v) is 8.31. The second-order valence-corrected chi connectivity index (χ2v) is 6.14. The molecule has 1 heterocycles. The average Bonchev–Trinajstić information content (AvgIpc) is 2.49. The second kappa shape index (κ2) is 10.0. The third-order valence-corrected chi connectivity index (χ3v) is 3.58. The van der Waals surface area contributed by atoms with Crippen molar-refractivity contribution in [3.8, 4) is 0 Å².